The molecule has 2 aromatic rings. The lowest BCUT2D eigenvalue weighted by atomic mass is 9.80. The molecule has 0 aliphatic carbocycles. The summed E-state index contributed by atoms with van der Waals surface area (Å²) in [7, 11) is 2.09. The van der Waals surface area contributed by atoms with Crippen molar-refractivity contribution in [2.24, 2.45) is 5.92 Å². The summed E-state index contributed by atoms with van der Waals surface area (Å²) < 4.78 is 0. The maximum atomic E-state index is 13.0. The topological polar surface area (TPSA) is 49.6 Å². The lowest BCUT2D eigenvalue weighted by molar-refractivity contribution is 0.0798. The second-order valence-corrected chi connectivity index (χ2v) is 6.53. The Morgan fingerprint density at radius 1 is 1.04 bits per heavy atom. The number of fused-ring (bicyclic) bond motifs is 2. The summed E-state index contributed by atoms with van der Waals surface area (Å²) in [5.41, 5.74) is 9.82. The zero-order valence-electron chi connectivity index (χ0n) is 13.3. The summed E-state index contributed by atoms with van der Waals surface area (Å²) in [6.07, 6.45) is 0.968. The van der Waals surface area contributed by atoms with Crippen LogP contribution >= 0.6 is 0 Å². The van der Waals surface area contributed by atoms with Gasteiger partial charge in [0.05, 0.1) is 23.0 Å². The van der Waals surface area contributed by atoms with Crippen LogP contribution in [-0.2, 0) is 0 Å². The smallest absolute Gasteiger partial charge is 0.171 e. The molecule has 0 spiro atoms. The zero-order chi connectivity index (χ0) is 16.0. The number of carbonyl (C=O) groups excluding carboxylic acids is 1. The number of piperidine rings is 1. The minimum absolute atomic E-state index is 0.00301. The molecule has 2 N–H and O–H groups in total. The fraction of sp³-hybridized carbons (Fsp3) is 0.316. The van der Waals surface area contributed by atoms with Crippen molar-refractivity contribution in [3.05, 3.63) is 54.1 Å². The van der Waals surface area contributed by atoms with Crippen molar-refractivity contribution in [1.29, 1.82) is 0 Å². The standard InChI is InChI=1S/C19H21N3O/c1-21-11-10-17-14(12-21)19(23)13-6-2-4-8-16(13)22(17)18-9-5-3-7-15(18)20/h2-9,14,17H,10-12,20H2,1H3/t14-,17-/m1/s1. The van der Waals surface area contributed by atoms with Crippen LogP contribution in [0.1, 0.15) is 16.8 Å². The van der Waals surface area contributed by atoms with Crippen molar-refractivity contribution in [3.8, 4) is 0 Å². The van der Waals surface area contributed by atoms with E-state index in [1.807, 2.05) is 42.5 Å². The number of nitrogens with zero attached hydrogens (tertiary/aromatic N) is 2. The predicted octanol–water partition coefficient (Wildman–Crippen LogP) is 2.92. The SMILES string of the molecule is CN1CC[C@@H]2[C@@H](C1)C(=O)c1ccccc1N2c1ccccc1N. The normalized spacial score (nSPS) is 24.2. The van der Waals surface area contributed by atoms with Crippen LogP contribution in [0.25, 0.3) is 0 Å². The second-order valence-electron chi connectivity index (χ2n) is 6.53. The molecule has 1 fully saturated rings. The molecule has 2 aliphatic rings. The molecule has 0 saturated carbocycles. The van der Waals surface area contributed by atoms with Crippen molar-refractivity contribution in [2.45, 2.75) is 12.5 Å². The molecular weight excluding hydrogens is 286 g/mol. The molecule has 0 radical (unpaired) electrons. The Morgan fingerprint density at radius 3 is 2.52 bits per heavy atom. The number of rotatable bonds is 1. The van der Waals surface area contributed by atoms with Gasteiger partial charge in [0.1, 0.15) is 0 Å². The first-order valence-corrected chi connectivity index (χ1v) is 8.12. The van der Waals surface area contributed by atoms with Gasteiger partial charge in [-0.25, -0.2) is 0 Å². The van der Waals surface area contributed by atoms with Gasteiger partial charge in [-0.05, 0) is 44.3 Å². The Morgan fingerprint density at radius 2 is 1.74 bits per heavy atom. The van der Waals surface area contributed by atoms with Gasteiger partial charge in [-0.1, -0.05) is 24.3 Å². The molecule has 4 nitrogen and oxygen atoms in total. The van der Waals surface area contributed by atoms with E-state index >= 15 is 0 Å². The van der Waals surface area contributed by atoms with Crippen molar-refractivity contribution in [2.75, 3.05) is 30.8 Å². The van der Waals surface area contributed by atoms with E-state index in [1.165, 1.54) is 0 Å². The van der Waals surface area contributed by atoms with Crippen LogP contribution in [0.15, 0.2) is 48.5 Å². The quantitative estimate of drug-likeness (QED) is 0.823. The monoisotopic (exact) mass is 307 g/mol. The Hall–Kier alpha value is -2.33. The van der Waals surface area contributed by atoms with Gasteiger partial charge >= 0.3 is 0 Å². The van der Waals surface area contributed by atoms with Crippen LogP contribution in [0.4, 0.5) is 17.1 Å². The number of carbonyl (C=O) groups is 1. The molecule has 23 heavy (non-hydrogen) atoms. The number of benzene rings is 2. The van der Waals surface area contributed by atoms with Crippen LogP contribution < -0.4 is 10.6 Å². The first-order chi connectivity index (χ1) is 11.2. The molecule has 2 atom stereocenters. The van der Waals surface area contributed by atoms with Gasteiger partial charge in [-0.2, -0.15) is 0 Å². The molecular formula is C19H21N3O. The summed E-state index contributed by atoms with van der Waals surface area (Å²) in [6.45, 7) is 1.81. The van der Waals surface area contributed by atoms with E-state index < -0.39 is 0 Å². The van der Waals surface area contributed by atoms with Crippen LogP contribution in [-0.4, -0.2) is 36.9 Å². The van der Waals surface area contributed by atoms with Crippen molar-refractivity contribution in [1.82, 2.24) is 4.90 Å². The van der Waals surface area contributed by atoms with Crippen molar-refractivity contribution < 1.29 is 4.79 Å². The summed E-state index contributed by atoms with van der Waals surface area (Å²) >= 11 is 0. The van der Waals surface area contributed by atoms with Crippen LogP contribution in [0.3, 0.4) is 0 Å². The molecule has 0 bridgehead atoms. The number of hydrogen-bond acceptors (Lipinski definition) is 4. The third-order valence-electron chi connectivity index (χ3n) is 5.07. The molecule has 2 heterocycles. The Balaban J connectivity index is 1.90. The number of nitrogens with two attached hydrogens (primary N) is 1. The van der Waals surface area contributed by atoms with E-state index in [9.17, 15) is 4.79 Å². The van der Waals surface area contributed by atoms with E-state index in [2.05, 4.69) is 22.9 Å². The van der Waals surface area contributed by atoms with Gasteiger partial charge in [0.2, 0.25) is 0 Å². The van der Waals surface area contributed by atoms with E-state index in [0.29, 0.717) is 0 Å². The van der Waals surface area contributed by atoms with Crippen molar-refractivity contribution in [3.63, 3.8) is 0 Å². The van der Waals surface area contributed by atoms with Crippen LogP contribution in [0, 0.1) is 5.92 Å². The maximum Gasteiger partial charge on any atom is 0.171 e. The number of likely N-dealkylation sites (tertiary alicyclic amines) is 1. The van der Waals surface area contributed by atoms with E-state index in [1.54, 1.807) is 0 Å². The van der Waals surface area contributed by atoms with Crippen molar-refractivity contribution >= 4 is 22.8 Å². The van der Waals surface area contributed by atoms with Gasteiger partial charge in [-0.3, -0.25) is 4.79 Å². The first kappa shape index (κ1) is 14.3. The zero-order valence-corrected chi connectivity index (χ0v) is 13.3. The number of nitrogen functional groups attached to an aromatic ring is 1. The highest BCUT2D eigenvalue weighted by Crippen LogP contribution is 2.43. The highest BCUT2D eigenvalue weighted by Gasteiger charge is 2.43. The summed E-state index contributed by atoms with van der Waals surface area (Å²) in [6, 6.07) is 16.0. The third-order valence-corrected chi connectivity index (χ3v) is 5.07. The average molecular weight is 307 g/mol. The highest BCUT2D eigenvalue weighted by atomic mass is 16.1. The molecule has 0 unspecified atom stereocenters. The van der Waals surface area contributed by atoms with Gasteiger partial charge in [-0.15, -0.1) is 0 Å². The number of Topliss-reactive ketones (excluding diaryl/α,β-unsaturated/α-hetero) is 1. The van der Waals surface area contributed by atoms with E-state index in [4.69, 9.17) is 5.73 Å². The minimum Gasteiger partial charge on any atom is -0.397 e. The van der Waals surface area contributed by atoms with Crippen LogP contribution in [0.2, 0.25) is 0 Å². The maximum absolute atomic E-state index is 13.0. The number of hydrogen-bond donors (Lipinski definition) is 1. The Bertz CT molecular complexity index is 758. The molecule has 0 amide bonds. The lowest BCUT2D eigenvalue weighted by Crippen LogP contribution is -2.54. The highest BCUT2D eigenvalue weighted by molar-refractivity contribution is 6.07. The number of para-hydroxylation sites is 3. The first-order valence-electron chi connectivity index (χ1n) is 8.12. The largest absolute Gasteiger partial charge is 0.397 e. The minimum atomic E-state index is 0.00301. The summed E-state index contributed by atoms with van der Waals surface area (Å²) in [4.78, 5) is 17.5. The predicted molar refractivity (Wildman–Crippen MR) is 93.2 cm³/mol. The molecule has 2 aromatic carbocycles. The van der Waals surface area contributed by atoms with Gasteiger partial charge in [0.15, 0.2) is 5.78 Å². The lowest BCUT2D eigenvalue weighted by Gasteiger charge is -2.47. The van der Waals surface area contributed by atoms with Gasteiger partial charge < -0.3 is 15.5 Å². The fourth-order valence-electron chi connectivity index (χ4n) is 3.96. The Kier molecular flexibility index (Phi) is 3.34. The molecule has 118 valence electrons. The molecule has 0 aromatic heterocycles. The fourth-order valence-corrected chi connectivity index (χ4v) is 3.96. The second kappa shape index (κ2) is 5.39. The van der Waals surface area contributed by atoms with E-state index in [-0.39, 0.29) is 17.7 Å². The molecule has 4 rings (SSSR count). The molecule has 2 aliphatic heterocycles. The number of anilines is 3. The Labute approximate surface area is 136 Å². The van der Waals surface area contributed by atoms with Crippen LogP contribution in [0.5, 0.6) is 0 Å². The average Bonchev–Trinajstić information content (AvgIpc) is 2.57. The summed E-state index contributed by atoms with van der Waals surface area (Å²) in [5, 5.41) is 0. The van der Waals surface area contributed by atoms with E-state index in [0.717, 1.165) is 42.1 Å². The third kappa shape index (κ3) is 2.21. The van der Waals surface area contributed by atoms with Gasteiger partial charge in [0, 0.05) is 18.2 Å². The summed E-state index contributed by atoms with van der Waals surface area (Å²) in [5.74, 6) is 0.270. The van der Waals surface area contributed by atoms with Gasteiger partial charge in [0.25, 0.3) is 0 Å². The number of ketones is 1. The molecule has 1 saturated heterocycles. The molecule has 4 heteroatoms.